The molecule has 4 fully saturated rings. The molecule has 296 valence electrons. The van der Waals surface area contributed by atoms with Gasteiger partial charge in [0.05, 0.1) is 5.69 Å². The third kappa shape index (κ3) is 4.52. The van der Waals surface area contributed by atoms with Crippen LogP contribution in [0.1, 0.15) is 140 Å². The first-order valence-electron chi connectivity index (χ1n) is 22.8. The molecule has 5 aromatic rings. The molecule has 2 spiro atoms. The quantitative estimate of drug-likeness (QED) is 0.179. The lowest BCUT2D eigenvalue weighted by Crippen LogP contribution is -2.74. The molecule has 1 nitrogen and oxygen atoms in total. The number of benzene rings is 5. The Morgan fingerprint density at radius 1 is 0.500 bits per heavy atom. The van der Waals surface area contributed by atoms with Crippen LogP contribution in [0.15, 0.2) is 113 Å². The minimum Gasteiger partial charge on any atom is -0.309 e. The van der Waals surface area contributed by atoms with Gasteiger partial charge in [0.2, 0.25) is 0 Å². The minimum absolute atomic E-state index is 0.0994. The molecule has 6 unspecified atom stereocenters. The summed E-state index contributed by atoms with van der Waals surface area (Å²) >= 11 is 2.07. The van der Waals surface area contributed by atoms with Crippen molar-refractivity contribution in [3.63, 3.8) is 0 Å². The molecule has 1 heterocycles. The minimum atomic E-state index is 0.0994. The van der Waals surface area contributed by atoms with Gasteiger partial charge < -0.3 is 4.90 Å². The Bertz CT molecular complexity index is 2480. The van der Waals surface area contributed by atoms with Crippen LogP contribution in [0.25, 0.3) is 11.1 Å². The fourth-order valence-corrected chi connectivity index (χ4v) is 16.3. The average molecular weight is 780 g/mol. The smallest absolute Gasteiger partial charge is 0.0604 e. The number of nitrogens with zero attached hydrogens (tertiary/aromatic N) is 1. The summed E-state index contributed by atoms with van der Waals surface area (Å²) in [5.74, 6) is 3.40. The van der Waals surface area contributed by atoms with Crippen LogP contribution in [0.3, 0.4) is 0 Å². The van der Waals surface area contributed by atoms with Crippen LogP contribution < -0.4 is 4.90 Å². The van der Waals surface area contributed by atoms with E-state index in [9.17, 15) is 0 Å². The van der Waals surface area contributed by atoms with Gasteiger partial charge in [-0.3, -0.25) is 0 Å². The maximum absolute atomic E-state index is 2.71. The first-order chi connectivity index (χ1) is 27.6. The number of rotatable bonds is 4. The van der Waals surface area contributed by atoms with Gasteiger partial charge in [0.25, 0.3) is 0 Å². The molecule has 2 heteroatoms. The van der Waals surface area contributed by atoms with Crippen LogP contribution in [-0.2, 0) is 27.1 Å². The van der Waals surface area contributed by atoms with Crippen LogP contribution >= 0.6 is 11.8 Å². The van der Waals surface area contributed by atoms with E-state index in [0.717, 1.165) is 23.7 Å². The molecule has 1 aliphatic heterocycles. The van der Waals surface area contributed by atoms with Crippen molar-refractivity contribution in [2.45, 2.75) is 144 Å². The van der Waals surface area contributed by atoms with Crippen molar-refractivity contribution >= 4 is 28.8 Å². The van der Waals surface area contributed by atoms with Crippen LogP contribution in [0.5, 0.6) is 0 Å². The molecular formula is C56H61NS. The van der Waals surface area contributed by atoms with Crippen molar-refractivity contribution in [1.29, 1.82) is 0 Å². The third-order valence-electron chi connectivity index (χ3n) is 18.1. The first-order valence-corrected chi connectivity index (χ1v) is 23.6. The van der Waals surface area contributed by atoms with Crippen LogP contribution in [-0.4, -0.2) is 0 Å². The number of fused-ring (bicyclic) bond motifs is 9. The van der Waals surface area contributed by atoms with Crippen molar-refractivity contribution in [3.8, 4) is 11.1 Å². The molecular weight excluding hydrogens is 719 g/mol. The summed E-state index contributed by atoms with van der Waals surface area (Å²) in [6, 6.07) is 41.4. The summed E-state index contributed by atoms with van der Waals surface area (Å²) < 4.78 is 0. The van der Waals surface area contributed by atoms with Gasteiger partial charge in [0.1, 0.15) is 0 Å². The second-order valence-electron chi connectivity index (χ2n) is 22.7. The average Bonchev–Trinajstić information content (AvgIpc) is 3.74. The van der Waals surface area contributed by atoms with Gasteiger partial charge in [-0.15, -0.1) is 0 Å². The van der Waals surface area contributed by atoms with Crippen LogP contribution in [0.2, 0.25) is 0 Å². The molecule has 0 radical (unpaired) electrons. The zero-order valence-corrected chi connectivity index (χ0v) is 37.0. The van der Waals surface area contributed by atoms with Gasteiger partial charge in [0.15, 0.2) is 0 Å². The molecule has 4 saturated carbocycles. The molecule has 7 aliphatic rings. The van der Waals surface area contributed by atoms with Gasteiger partial charge in [-0.05, 0) is 183 Å². The largest absolute Gasteiger partial charge is 0.309 e. The normalized spacial score (nSPS) is 31.5. The van der Waals surface area contributed by atoms with Crippen molar-refractivity contribution in [3.05, 3.63) is 137 Å². The summed E-state index contributed by atoms with van der Waals surface area (Å²) in [4.78, 5) is 5.69. The third-order valence-corrected chi connectivity index (χ3v) is 19.3. The second kappa shape index (κ2) is 11.5. The number of hydrogen-bond acceptors (Lipinski definition) is 2. The van der Waals surface area contributed by atoms with Crippen molar-refractivity contribution in [2.75, 3.05) is 4.90 Å². The second-order valence-corrected chi connectivity index (χ2v) is 23.8. The van der Waals surface area contributed by atoms with E-state index in [2.05, 4.69) is 175 Å². The molecule has 5 aromatic carbocycles. The lowest BCUT2D eigenvalue weighted by molar-refractivity contribution is -0.235. The van der Waals surface area contributed by atoms with Gasteiger partial charge in [0, 0.05) is 26.6 Å². The van der Waals surface area contributed by atoms with Crippen molar-refractivity contribution in [2.24, 2.45) is 29.1 Å². The molecule has 0 amide bonds. The van der Waals surface area contributed by atoms with E-state index in [1.54, 1.807) is 11.1 Å². The topological polar surface area (TPSA) is 3.24 Å². The Balaban J connectivity index is 1.10. The highest BCUT2D eigenvalue weighted by molar-refractivity contribution is 7.99. The zero-order valence-electron chi connectivity index (χ0n) is 36.1. The molecule has 2 bridgehead atoms. The molecule has 0 saturated heterocycles. The zero-order chi connectivity index (χ0) is 39.8. The summed E-state index contributed by atoms with van der Waals surface area (Å²) in [5.41, 5.74) is 17.3. The summed E-state index contributed by atoms with van der Waals surface area (Å²) in [6.07, 6.45) is 10.7. The highest BCUT2D eigenvalue weighted by Crippen LogP contribution is 2.89. The van der Waals surface area contributed by atoms with Gasteiger partial charge in [-0.1, -0.05) is 134 Å². The van der Waals surface area contributed by atoms with Crippen LogP contribution in [0.4, 0.5) is 17.1 Å². The van der Waals surface area contributed by atoms with E-state index in [-0.39, 0.29) is 27.1 Å². The standard InChI is InChI=1S/C56H61NS/c1-51(2)23-25-53(5,6)44-31-38(18-21-40(44)51)57(39-19-22-41-45(32-39)54(7,8)26-24-52(41,3)4)46-16-12-15-43-50(46)58-47-29-36(35-13-10-9-11-14-35)17-20-42(47)56(43)48-28-34-27-37-30-49(56)55(37,48)33-34/h9-22,29,31-32,34,37,48-49H,23-28,30,33H2,1-8H3. The lowest BCUT2D eigenvalue weighted by Gasteiger charge is -2.78. The Morgan fingerprint density at radius 3 is 1.71 bits per heavy atom. The van der Waals surface area contributed by atoms with E-state index in [0.29, 0.717) is 5.41 Å². The Morgan fingerprint density at radius 2 is 1.09 bits per heavy atom. The predicted molar refractivity (Wildman–Crippen MR) is 243 cm³/mol. The Hall–Kier alpha value is -3.75. The highest BCUT2D eigenvalue weighted by Gasteiger charge is 2.84. The fourth-order valence-electron chi connectivity index (χ4n) is 15.0. The number of anilines is 3. The summed E-state index contributed by atoms with van der Waals surface area (Å²) in [7, 11) is 0. The number of hydrogen-bond donors (Lipinski definition) is 0. The van der Waals surface area contributed by atoms with Crippen LogP contribution in [0, 0.1) is 29.1 Å². The van der Waals surface area contributed by atoms with E-state index in [4.69, 9.17) is 0 Å². The molecule has 0 aromatic heterocycles. The van der Waals surface area contributed by atoms with E-state index < -0.39 is 0 Å². The maximum Gasteiger partial charge on any atom is 0.0604 e. The van der Waals surface area contributed by atoms with Crippen molar-refractivity contribution < 1.29 is 0 Å². The fraction of sp³-hybridized carbons (Fsp3) is 0.464. The van der Waals surface area contributed by atoms with E-state index in [1.165, 1.54) is 112 Å². The lowest BCUT2D eigenvalue weighted by atomic mass is 9.26. The Labute approximate surface area is 352 Å². The molecule has 6 atom stereocenters. The SMILES string of the molecule is CC1(C)CCC(C)(C)c2cc(N(c3ccc4c(c3)C(C)(C)CCC4(C)C)c3cccc4c3Sc3cc(-c5ccccc5)ccc3C43C4CC5CC6CC3C64C5)ccc21. The molecule has 12 rings (SSSR count). The molecule has 6 aliphatic carbocycles. The summed E-state index contributed by atoms with van der Waals surface area (Å²) in [5, 5.41) is 0. The first kappa shape index (κ1) is 36.1. The van der Waals surface area contributed by atoms with E-state index in [1.807, 2.05) is 0 Å². The Kier molecular flexibility index (Phi) is 7.19. The monoisotopic (exact) mass is 779 g/mol. The van der Waals surface area contributed by atoms with Crippen molar-refractivity contribution in [1.82, 2.24) is 0 Å². The van der Waals surface area contributed by atoms with Gasteiger partial charge in [-0.2, -0.15) is 0 Å². The van der Waals surface area contributed by atoms with Gasteiger partial charge >= 0.3 is 0 Å². The predicted octanol–water partition coefficient (Wildman–Crippen LogP) is 15.3. The van der Waals surface area contributed by atoms with Gasteiger partial charge in [-0.25, -0.2) is 0 Å². The molecule has 0 N–H and O–H groups in total. The van der Waals surface area contributed by atoms with E-state index >= 15 is 0 Å². The summed E-state index contributed by atoms with van der Waals surface area (Å²) in [6.45, 7) is 19.8. The maximum atomic E-state index is 2.71. The molecule has 58 heavy (non-hydrogen) atoms. The highest BCUT2D eigenvalue weighted by atomic mass is 32.2.